The van der Waals surface area contributed by atoms with Gasteiger partial charge in [0.25, 0.3) is 0 Å². The van der Waals surface area contributed by atoms with Gasteiger partial charge in [0.2, 0.25) is 11.7 Å². The van der Waals surface area contributed by atoms with Crippen LogP contribution in [-0.4, -0.2) is 25.7 Å². The minimum absolute atomic E-state index is 0.0451. The number of aromatic nitrogens is 2. The first-order chi connectivity index (χ1) is 11.5. The van der Waals surface area contributed by atoms with Crippen LogP contribution in [0, 0.1) is 0 Å². The van der Waals surface area contributed by atoms with E-state index in [1.807, 2.05) is 24.3 Å². The van der Waals surface area contributed by atoms with Crippen molar-refractivity contribution in [1.29, 1.82) is 0 Å². The van der Waals surface area contributed by atoms with Gasteiger partial charge in [-0.05, 0) is 48.5 Å². The molecule has 0 spiro atoms. The van der Waals surface area contributed by atoms with Gasteiger partial charge in [-0.3, -0.25) is 0 Å². The summed E-state index contributed by atoms with van der Waals surface area (Å²) in [4.78, 5) is 4.33. The molecule has 8 heteroatoms. The van der Waals surface area contributed by atoms with Crippen molar-refractivity contribution < 1.29 is 17.7 Å². The molecule has 3 rings (SSSR count). The molecule has 6 nitrogen and oxygen atoms in total. The Morgan fingerprint density at radius 2 is 1.75 bits per heavy atom. The summed E-state index contributed by atoms with van der Waals surface area (Å²) in [6.07, 6.45) is 0. The van der Waals surface area contributed by atoms with E-state index in [4.69, 9.17) is 9.26 Å². The van der Waals surface area contributed by atoms with Gasteiger partial charge < -0.3 is 9.26 Å². The summed E-state index contributed by atoms with van der Waals surface area (Å²) < 4.78 is 35.9. The molecule has 3 aromatic rings. The minimum Gasteiger partial charge on any atom is -0.497 e. The van der Waals surface area contributed by atoms with E-state index >= 15 is 0 Å². The molecule has 0 unspecified atom stereocenters. The van der Waals surface area contributed by atoms with Crippen LogP contribution in [-0.2, 0) is 15.6 Å². The Labute approximate surface area is 147 Å². The number of ether oxygens (including phenoxy) is 1. The van der Waals surface area contributed by atoms with Crippen LogP contribution in [0.5, 0.6) is 5.75 Å². The monoisotopic (exact) mass is 408 g/mol. The molecule has 0 radical (unpaired) electrons. The second kappa shape index (κ2) is 6.74. The highest BCUT2D eigenvalue weighted by atomic mass is 79.9. The molecule has 0 aliphatic heterocycles. The first kappa shape index (κ1) is 16.7. The van der Waals surface area contributed by atoms with E-state index in [2.05, 4.69) is 26.1 Å². The second-order valence-corrected chi connectivity index (χ2v) is 7.86. The van der Waals surface area contributed by atoms with Crippen LogP contribution in [0.4, 0.5) is 0 Å². The Kier molecular flexibility index (Phi) is 4.68. The molecule has 0 aliphatic rings. The van der Waals surface area contributed by atoms with Gasteiger partial charge in [0.05, 0.1) is 12.0 Å². The summed E-state index contributed by atoms with van der Waals surface area (Å²) in [6, 6.07) is 13.5. The summed E-state index contributed by atoms with van der Waals surface area (Å²) >= 11 is 3.35. The van der Waals surface area contributed by atoms with Gasteiger partial charge in [0, 0.05) is 10.0 Å². The maximum atomic E-state index is 12.4. The molecule has 0 N–H and O–H groups in total. The standard InChI is InChI=1S/C16H13BrN2O4S/c1-22-13-6-8-14(9-7-13)24(20,21)10-15-18-16(19-23-15)11-2-4-12(17)5-3-11/h2-9H,10H2,1H3. The number of sulfone groups is 1. The Hall–Kier alpha value is -2.19. The number of halogens is 1. The van der Waals surface area contributed by atoms with Gasteiger partial charge in [0.1, 0.15) is 11.5 Å². The second-order valence-electron chi connectivity index (χ2n) is 4.95. The molecule has 24 heavy (non-hydrogen) atoms. The van der Waals surface area contributed by atoms with Crippen molar-refractivity contribution in [2.75, 3.05) is 7.11 Å². The van der Waals surface area contributed by atoms with Gasteiger partial charge in [0.15, 0.2) is 9.84 Å². The smallest absolute Gasteiger partial charge is 0.242 e. The first-order valence-corrected chi connectivity index (χ1v) is 9.38. The minimum atomic E-state index is -3.57. The molecule has 1 aromatic heterocycles. The molecule has 0 bridgehead atoms. The quantitative estimate of drug-likeness (QED) is 0.642. The maximum Gasteiger partial charge on any atom is 0.242 e. The predicted octanol–water partition coefficient (Wildman–Crippen LogP) is 3.48. The average Bonchev–Trinajstić information content (AvgIpc) is 3.03. The van der Waals surface area contributed by atoms with Crippen molar-refractivity contribution in [1.82, 2.24) is 10.1 Å². The summed E-state index contributed by atoms with van der Waals surface area (Å²) in [5, 5.41) is 3.84. The van der Waals surface area contributed by atoms with Gasteiger partial charge in [-0.15, -0.1) is 0 Å². The molecule has 124 valence electrons. The van der Waals surface area contributed by atoms with Crippen LogP contribution >= 0.6 is 15.9 Å². The number of hydrogen-bond acceptors (Lipinski definition) is 6. The highest BCUT2D eigenvalue weighted by Crippen LogP contribution is 2.22. The SMILES string of the molecule is COc1ccc(S(=O)(=O)Cc2nc(-c3ccc(Br)cc3)no2)cc1. The zero-order chi connectivity index (χ0) is 17.2. The molecule has 2 aromatic carbocycles. The molecular formula is C16H13BrN2O4S. The Bertz CT molecular complexity index is 935. The molecule has 0 saturated carbocycles. The number of benzene rings is 2. The van der Waals surface area contributed by atoms with E-state index in [0.29, 0.717) is 11.6 Å². The van der Waals surface area contributed by atoms with E-state index in [9.17, 15) is 8.42 Å². The average molecular weight is 409 g/mol. The molecule has 0 aliphatic carbocycles. The van der Waals surface area contributed by atoms with E-state index in [0.717, 1.165) is 10.0 Å². The summed E-state index contributed by atoms with van der Waals surface area (Å²) in [7, 11) is -2.05. The summed E-state index contributed by atoms with van der Waals surface area (Å²) in [6.45, 7) is 0. The molecule has 1 heterocycles. The van der Waals surface area contributed by atoms with Crippen molar-refractivity contribution in [3.63, 3.8) is 0 Å². The fourth-order valence-corrected chi connectivity index (χ4v) is 3.48. The van der Waals surface area contributed by atoms with E-state index in [-0.39, 0.29) is 16.5 Å². The lowest BCUT2D eigenvalue weighted by Gasteiger charge is -2.03. The van der Waals surface area contributed by atoms with Crippen molar-refractivity contribution in [3.05, 3.63) is 58.9 Å². The maximum absolute atomic E-state index is 12.4. The third-order valence-electron chi connectivity index (χ3n) is 3.30. The van der Waals surface area contributed by atoms with Crippen molar-refractivity contribution >= 4 is 25.8 Å². The third kappa shape index (κ3) is 3.65. The van der Waals surface area contributed by atoms with E-state index in [1.165, 1.54) is 19.2 Å². The zero-order valence-electron chi connectivity index (χ0n) is 12.6. The topological polar surface area (TPSA) is 82.3 Å². The molecular weight excluding hydrogens is 396 g/mol. The highest BCUT2D eigenvalue weighted by molar-refractivity contribution is 9.10. The fraction of sp³-hybridized carbons (Fsp3) is 0.125. The number of rotatable bonds is 5. The number of nitrogens with zero attached hydrogens (tertiary/aromatic N) is 2. The summed E-state index contributed by atoms with van der Waals surface area (Å²) in [5.41, 5.74) is 0.745. The highest BCUT2D eigenvalue weighted by Gasteiger charge is 2.20. The number of hydrogen-bond donors (Lipinski definition) is 0. The van der Waals surface area contributed by atoms with Crippen LogP contribution < -0.4 is 4.74 Å². The van der Waals surface area contributed by atoms with Gasteiger partial charge in [-0.2, -0.15) is 4.98 Å². The first-order valence-electron chi connectivity index (χ1n) is 6.93. The van der Waals surface area contributed by atoms with Gasteiger partial charge >= 0.3 is 0 Å². The number of methoxy groups -OCH3 is 1. The van der Waals surface area contributed by atoms with E-state index in [1.54, 1.807) is 12.1 Å². The Morgan fingerprint density at radius 3 is 2.38 bits per heavy atom. The third-order valence-corrected chi connectivity index (χ3v) is 5.45. The van der Waals surface area contributed by atoms with Crippen molar-refractivity contribution in [2.24, 2.45) is 0 Å². The normalized spacial score (nSPS) is 11.4. The lowest BCUT2D eigenvalue weighted by molar-refractivity contribution is 0.389. The van der Waals surface area contributed by atoms with Gasteiger partial charge in [-0.1, -0.05) is 21.1 Å². The molecule has 0 saturated heterocycles. The summed E-state index contributed by atoms with van der Waals surface area (Å²) in [5.74, 6) is 0.624. The molecule has 0 fully saturated rings. The zero-order valence-corrected chi connectivity index (χ0v) is 15.0. The van der Waals surface area contributed by atoms with Gasteiger partial charge in [-0.25, -0.2) is 8.42 Å². The van der Waals surface area contributed by atoms with Crippen molar-refractivity contribution in [2.45, 2.75) is 10.6 Å². The lowest BCUT2D eigenvalue weighted by Crippen LogP contribution is -2.05. The Balaban J connectivity index is 1.81. The predicted molar refractivity (Wildman–Crippen MR) is 91.3 cm³/mol. The van der Waals surface area contributed by atoms with Crippen LogP contribution in [0.1, 0.15) is 5.89 Å². The van der Waals surface area contributed by atoms with Crippen molar-refractivity contribution in [3.8, 4) is 17.1 Å². The fourth-order valence-electron chi connectivity index (χ4n) is 2.06. The molecule has 0 atom stereocenters. The van der Waals surface area contributed by atoms with E-state index < -0.39 is 9.84 Å². The van der Waals surface area contributed by atoms with Crippen LogP contribution in [0.3, 0.4) is 0 Å². The Morgan fingerprint density at radius 1 is 1.08 bits per heavy atom. The molecule has 0 amide bonds. The van der Waals surface area contributed by atoms with Crippen LogP contribution in [0.25, 0.3) is 11.4 Å². The lowest BCUT2D eigenvalue weighted by atomic mass is 10.2. The largest absolute Gasteiger partial charge is 0.497 e. The van der Waals surface area contributed by atoms with Crippen LogP contribution in [0.15, 0.2) is 62.4 Å². The van der Waals surface area contributed by atoms with Crippen LogP contribution in [0.2, 0.25) is 0 Å².